The summed E-state index contributed by atoms with van der Waals surface area (Å²) in [5, 5.41) is 7.56. The lowest BCUT2D eigenvalue weighted by atomic mass is 10.1. The van der Waals surface area contributed by atoms with E-state index in [2.05, 4.69) is 25.4 Å². The molecule has 4 aromatic rings. The van der Waals surface area contributed by atoms with Crippen molar-refractivity contribution >= 4 is 5.91 Å². The van der Waals surface area contributed by atoms with Crippen molar-refractivity contribution < 1.29 is 9.53 Å². The van der Waals surface area contributed by atoms with Gasteiger partial charge >= 0.3 is 0 Å². The van der Waals surface area contributed by atoms with E-state index in [-0.39, 0.29) is 12.3 Å². The van der Waals surface area contributed by atoms with Crippen molar-refractivity contribution in [3.05, 3.63) is 94.2 Å². The highest BCUT2D eigenvalue weighted by Crippen LogP contribution is 2.17. The van der Waals surface area contributed by atoms with Gasteiger partial charge in [0.25, 0.3) is 5.95 Å². The molecular formula is C26H28N6O2. The Balaban J connectivity index is 1.38. The molecule has 4 rings (SSSR count). The molecule has 0 unspecified atom stereocenters. The minimum absolute atomic E-state index is 0.0874. The van der Waals surface area contributed by atoms with Crippen LogP contribution in [0.25, 0.3) is 5.95 Å². The van der Waals surface area contributed by atoms with Gasteiger partial charge in [-0.15, -0.1) is 0 Å². The Bertz CT molecular complexity index is 1280. The molecule has 0 aliphatic carbocycles. The molecule has 0 atom stereocenters. The van der Waals surface area contributed by atoms with Crippen molar-refractivity contribution in [3.8, 4) is 11.8 Å². The molecule has 1 aromatic carbocycles. The third kappa shape index (κ3) is 5.64. The molecule has 0 aliphatic rings. The summed E-state index contributed by atoms with van der Waals surface area (Å²) in [7, 11) is 0. The van der Waals surface area contributed by atoms with Gasteiger partial charge in [-0.05, 0) is 51.0 Å². The van der Waals surface area contributed by atoms with Gasteiger partial charge in [-0.1, -0.05) is 30.3 Å². The third-order valence-electron chi connectivity index (χ3n) is 5.46. The van der Waals surface area contributed by atoms with E-state index in [1.165, 1.54) is 0 Å². The van der Waals surface area contributed by atoms with Crippen LogP contribution in [0.2, 0.25) is 0 Å². The molecule has 8 nitrogen and oxygen atoms in total. The van der Waals surface area contributed by atoms with Crippen molar-refractivity contribution in [2.45, 2.75) is 47.3 Å². The van der Waals surface area contributed by atoms with Crippen LogP contribution in [0.3, 0.4) is 0 Å². The molecule has 0 bridgehead atoms. The van der Waals surface area contributed by atoms with Gasteiger partial charge in [0.2, 0.25) is 11.8 Å². The van der Waals surface area contributed by atoms with Crippen molar-refractivity contribution in [2.24, 2.45) is 0 Å². The SMILES string of the molecule is Cc1cc(C)nc(-n2nc(C)c(CC(=O)NCc3ccnc(OCc4ccccc4)c3)c2C)n1. The van der Waals surface area contributed by atoms with Gasteiger partial charge in [0.05, 0.1) is 12.1 Å². The van der Waals surface area contributed by atoms with Gasteiger partial charge in [0, 0.05) is 41.5 Å². The quantitative estimate of drug-likeness (QED) is 0.434. The van der Waals surface area contributed by atoms with E-state index in [0.29, 0.717) is 25.0 Å². The largest absolute Gasteiger partial charge is 0.473 e. The Kier molecular flexibility index (Phi) is 6.96. The molecule has 1 amide bonds. The number of carbonyl (C=O) groups excluding carboxylic acids is 1. The number of amides is 1. The Labute approximate surface area is 199 Å². The van der Waals surface area contributed by atoms with Crippen LogP contribution in [0.4, 0.5) is 0 Å². The van der Waals surface area contributed by atoms with Gasteiger partial charge < -0.3 is 10.1 Å². The van der Waals surface area contributed by atoms with Gasteiger partial charge in [-0.3, -0.25) is 4.79 Å². The topological polar surface area (TPSA) is 94.8 Å². The van der Waals surface area contributed by atoms with E-state index >= 15 is 0 Å². The van der Waals surface area contributed by atoms with Crippen LogP contribution in [-0.2, 0) is 24.4 Å². The molecule has 0 saturated heterocycles. The number of aromatic nitrogens is 5. The van der Waals surface area contributed by atoms with Crippen LogP contribution >= 0.6 is 0 Å². The highest BCUT2D eigenvalue weighted by atomic mass is 16.5. The number of benzene rings is 1. The van der Waals surface area contributed by atoms with E-state index in [0.717, 1.165) is 39.5 Å². The monoisotopic (exact) mass is 456 g/mol. The summed E-state index contributed by atoms with van der Waals surface area (Å²) in [6, 6.07) is 15.5. The second-order valence-corrected chi connectivity index (χ2v) is 8.24. The third-order valence-corrected chi connectivity index (χ3v) is 5.46. The first-order valence-corrected chi connectivity index (χ1v) is 11.1. The lowest BCUT2D eigenvalue weighted by Gasteiger charge is -2.09. The number of nitrogens with one attached hydrogen (secondary N) is 1. The number of hydrogen-bond acceptors (Lipinski definition) is 6. The molecular weight excluding hydrogens is 428 g/mol. The summed E-state index contributed by atoms with van der Waals surface area (Å²) in [6.45, 7) is 8.51. The molecule has 0 aliphatic heterocycles. The van der Waals surface area contributed by atoms with Gasteiger partial charge in [0.1, 0.15) is 6.61 Å². The number of hydrogen-bond donors (Lipinski definition) is 1. The number of pyridine rings is 1. The fourth-order valence-electron chi connectivity index (χ4n) is 3.72. The number of carbonyl (C=O) groups is 1. The lowest BCUT2D eigenvalue weighted by Crippen LogP contribution is -2.25. The van der Waals surface area contributed by atoms with E-state index in [9.17, 15) is 4.79 Å². The van der Waals surface area contributed by atoms with E-state index in [1.54, 1.807) is 10.9 Å². The molecule has 0 fully saturated rings. The van der Waals surface area contributed by atoms with Crippen LogP contribution in [-0.4, -0.2) is 30.6 Å². The first kappa shape index (κ1) is 23.1. The molecule has 0 radical (unpaired) electrons. The number of rotatable bonds is 8. The first-order valence-electron chi connectivity index (χ1n) is 11.1. The van der Waals surface area contributed by atoms with Crippen molar-refractivity contribution in [1.29, 1.82) is 0 Å². The van der Waals surface area contributed by atoms with E-state index < -0.39 is 0 Å². The van der Waals surface area contributed by atoms with Crippen molar-refractivity contribution in [1.82, 2.24) is 30.0 Å². The highest BCUT2D eigenvalue weighted by Gasteiger charge is 2.17. The predicted octanol–water partition coefficient (Wildman–Crippen LogP) is 3.73. The fourth-order valence-corrected chi connectivity index (χ4v) is 3.72. The second kappa shape index (κ2) is 10.2. The van der Waals surface area contributed by atoms with Crippen molar-refractivity contribution in [2.75, 3.05) is 0 Å². The van der Waals surface area contributed by atoms with Crippen LogP contribution in [0.5, 0.6) is 5.88 Å². The Morgan fingerprint density at radius 3 is 2.44 bits per heavy atom. The summed E-state index contributed by atoms with van der Waals surface area (Å²) < 4.78 is 7.49. The average molecular weight is 457 g/mol. The van der Waals surface area contributed by atoms with Crippen LogP contribution in [0, 0.1) is 27.7 Å². The van der Waals surface area contributed by atoms with Crippen LogP contribution in [0.15, 0.2) is 54.7 Å². The maximum Gasteiger partial charge on any atom is 0.251 e. The smallest absolute Gasteiger partial charge is 0.251 e. The zero-order valence-electron chi connectivity index (χ0n) is 19.9. The summed E-state index contributed by atoms with van der Waals surface area (Å²) in [4.78, 5) is 25.9. The summed E-state index contributed by atoms with van der Waals surface area (Å²) in [5.74, 6) is 0.956. The average Bonchev–Trinajstić information content (AvgIpc) is 3.10. The Hall–Kier alpha value is -4.07. The summed E-state index contributed by atoms with van der Waals surface area (Å²) in [6.07, 6.45) is 1.91. The van der Waals surface area contributed by atoms with E-state index in [1.807, 2.05) is 76.2 Å². The minimum Gasteiger partial charge on any atom is -0.473 e. The van der Waals surface area contributed by atoms with Gasteiger partial charge in [-0.25, -0.2) is 19.6 Å². The molecule has 1 N–H and O–H groups in total. The standard InChI is InChI=1S/C26H28N6O2/c1-17-12-18(2)30-26(29-17)32-20(4)23(19(3)31-32)14-24(33)28-15-22-10-11-27-25(13-22)34-16-21-8-6-5-7-9-21/h5-13H,14-16H2,1-4H3,(H,28,33). The molecule has 3 heterocycles. The Morgan fingerprint density at radius 1 is 0.971 bits per heavy atom. The number of ether oxygens (including phenoxy) is 1. The van der Waals surface area contributed by atoms with Gasteiger partial charge in [0.15, 0.2) is 0 Å². The second-order valence-electron chi connectivity index (χ2n) is 8.24. The van der Waals surface area contributed by atoms with Crippen molar-refractivity contribution in [3.63, 3.8) is 0 Å². The molecule has 0 saturated carbocycles. The van der Waals surface area contributed by atoms with Crippen LogP contribution < -0.4 is 10.1 Å². The molecule has 3 aromatic heterocycles. The zero-order valence-corrected chi connectivity index (χ0v) is 19.9. The minimum atomic E-state index is -0.0874. The van der Waals surface area contributed by atoms with Gasteiger partial charge in [-0.2, -0.15) is 5.10 Å². The predicted molar refractivity (Wildman–Crippen MR) is 129 cm³/mol. The number of nitrogens with zero attached hydrogens (tertiary/aromatic N) is 5. The summed E-state index contributed by atoms with van der Waals surface area (Å²) in [5.41, 5.74) is 6.26. The van der Waals surface area contributed by atoms with E-state index in [4.69, 9.17) is 4.74 Å². The normalized spacial score (nSPS) is 10.8. The highest BCUT2D eigenvalue weighted by molar-refractivity contribution is 5.79. The molecule has 0 spiro atoms. The molecule has 34 heavy (non-hydrogen) atoms. The molecule has 8 heteroatoms. The maximum absolute atomic E-state index is 12.7. The molecule has 174 valence electrons. The fraction of sp³-hybridized carbons (Fsp3) is 0.269. The first-order chi connectivity index (χ1) is 16.4. The maximum atomic E-state index is 12.7. The Morgan fingerprint density at radius 2 is 1.71 bits per heavy atom. The number of aryl methyl sites for hydroxylation is 3. The lowest BCUT2D eigenvalue weighted by molar-refractivity contribution is -0.120. The summed E-state index contributed by atoms with van der Waals surface area (Å²) >= 11 is 0. The zero-order chi connectivity index (χ0) is 24.1. The van der Waals surface area contributed by atoms with Crippen LogP contribution in [0.1, 0.15) is 39.5 Å².